The number of nitrogens with zero attached hydrogens (tertiary/aromatic N) is 2. The van der Waals surface area contributed by atoms with Crippen molar-refractivity contribution in [1.29, 1.82) is 0 Å². The van der Waals surface area contributed by atoms with Crippen molar-refractivity contribution in [1.82, 2.24) is 9.97 Å². The van der Waals surface area contributed by atoms with Gasteiger partial charge in [0.05, 0.1) is 5.69 Å². The van der Waals surface area contributed by atoms with Gasteiger partial charge in [0.15, 0.2) is 9.34 Å². The highest BCUT2D eigenvalue weighted by molar-refractivity contribution is 7.94. The third-order valence-electron chi connectivity index (χ3n) is 3.12. The predicted octanol–water partition coefficient (Wildman–Crippen LogP) is 3.26. The molecule has 2 rings (SSSR count). The quantitative estimate of drug-likeness (QED) is 0.647. The zero-order valence-electron chi connectivity index (χ0n) is 16.9. The SMILES string of the molecule is CC(=O)Nc1nc(C)c(S(=O)(=O)Nc2cc(C)cc(NC(=O)OC(C)(C)C)n2)s1. The molecule has 2 aromatic heterocycles. The van der Waals surface area contributed by atoms with Crippen molar-refractivity contribution in [3.63, 3.8) is 0 Å². The number of thiazole rings is 1. The van der Waals surface area contributed by atoms with E-state index in [0.717, 1.165) is 11.3 Å². The van der Waals surface area contributed by atoms with Gasteiger partial charge < -0.3 is 10.1 Å². The van der Waals surface area contributed by atoms with Crippen LogP contribution >= 0.6 is 11.3 Å². The van der Waals surface area contributed by atoms with Crippen molar-refractivity contribution in [3.05, 3.63) is 23.4 Å². The van der Waals surface area contributed by atoms with E-state index in [9.17, 15) is 18.0 Å². The van der Waals surface area contributed by atoms with Crippen LogP contribution in [-0.4, -0.2) is 36.0 Å². The number of carbonyl (C=O) groups excluding carboxylic acids is 2. The third kappa shape index (κ3) is 6.68. The highest BCUT2D eigenvalue weighted by Crippen LogP contribution is 2.29. The molecule has 0 unspecified atom stereocenters. The van der Waals surface area contributed by atoms with E-state index in [2.05, 4.69) is 25.3 Å². The molecule has 29 heavy (non-hydrogen) atoms. The van der Waals surface area contributed by atoms with Crippen molar-refractivity contribution in [2.75, 3.05) is 15.4 Å². The fourth-order valence-corrected chi connectivity index (χ4v) is 4.67. The molecule has 0 aliphatic rings. The summed E-state index contributed by atoms with van der Waals surface area (Å²) in [4.78, 5) is 31.3. The van der Waals surface area contributed by atoms with Crippen molar-refractivity contribution in [2.45, 2.75) is 51.4 Å². The maximum atomic E-state index is 12.7. The zero-order valence-corrected chi connectivity index (χ0v) is 18.5. The van der Waals surface area contributed by atoms with Crippen molar-refractivity contribution >= 4 is 50.1 Å². The summed E-state index contributed by atoms with van der Waals surface area (Å²) in [5, 5.41) is 5.12. The molecular weight excluding hydrogens is 418 g/mol. The van der Waals surface area contributed by atoms with Gasteiger partial charge >= 0.3 is 6.09 Å². The Kier molecular flexibility index (Phi) is 6.48. The van der Waals surface area contributed by atoms with E-state index in [1.807, 2.05) is 0 Å². The van der Waals surface area contributed by atoms with Crippen LogP contribution in [0.15, 0.2) is 16.3 Å². The average molecular weight is 442 g/mol. The second kappa shape index (κ2) is 8.33. The number of pyridine rings is 1. The summed E-state index contributed by atoms with van der Waals surface area (Å²) >= 11 is 0.828. The Bertz CT molecular complexity index is 1040. The highest BCUT2D eigenvalue weighted by atomic mass is 32.2. The van der Waals surface area contributed by atoms with E-state index >= 15 is 0 Å². The van der Waals surface area contributed by atoms with Crippen LogP contribution < -0.4 is 15.4 Å². The summed E-state index contributed by atoms with van der Waals surface area (Å²) in [6.45, 7) is 9.73. The van der Waals surface area contributed by atoms with E-state index in [4.69, 9.17) is 4.74 Å². The maximum Gasteiger partial charge on any atom is 0.413 e. The molecule has 0 spiro atoms. The van der Waals surface area contributed by atoms with Gasteiger partial charge in [-0.15, -0.1) is 0 Å². The van der Waals surface area contributed by atoms with Crippen molar-refractivity contribution < 1.29 is 22.7 Å². The van der Waals surface area contributed by atoms with Crippen LogP contribution in [0.4, 0.5) is 21.6 Å². The first kappa shape index (κ1) is 22.6. The summed E-state index contributed by atoms with van der Waals surface area (Å²) in [7, 11) is -4.00. The Hall–Kier alpha value is -2.73. The highest BCUT2D eigenvalue weighted by Gasteiger charge is 2.23. The summed E-state index contributed by atoms with van der Waals surface area (Å²) < 4.78 is 33.0. The number of ether oxygens (including phenoxy) is 1. The number of rotatable bonds is 5. The lowest BCUT2D eigenvalue weighted by atomic mass is 10.2. The standard InChI is InChI=1S/C17H23N5O5S2/c1-9-7-12(21-16(24)27-17(4,5)6)20-13(8-9)22-29(25,26)14-10(2)18-15(28-14)19-11(3)23/h7-8H,1-6H3,(H,18,19,23)(H2,20,21,22,24). The lowest BCUT2D eigenvalue weighted by Crippen LogP contribution is -2.27. The zero-order chi connectivity index (χ0) is 22.0. The smallest absolute Gasteiger partial charge is 0.413 e. The van der Waals surface area contributed by atoms with Gasteiger partial charge in [0.2, 0.25) is 5.91 Å². The predicted molar refractivity (Wildman–Crippen MR) is 111 cm³/mol. The first-order valence-corrected chi connectivity index (χ1v) is 10.8. The Labute approximate surface area is 173 Å². The topological polar surface area (TPSA) is 139 Å². The van der Waals surface area contributed by atoms with E-state index in [1.165, 1.54) is 19.9 Å². The summed E-state index contributed by atoms with van der Waals surface area (Å²) in [5.74, 6) is -0.198. The number of anilines is 3. The number of hydrogen-bond donors (Lipinski definition) is 3. The van der Waals surface area contributed by atoms with Crippen LogP contribution in [0.25, 0.3) is 0 Å². The molecule has 3 N–H and O–H groups in total. The van der Waals surface area contributed by atoms with Gasteiger partial charge in [0.1, 0.15) is 17.2 Å². The number of sulfonamides is 1. The van der Waals surface area contributed by atoms with Crippen molar-refractivity contribution in [3.8, 4) is 0 Å². The molecule has 2 aromatic rings. The molecule has 0 fully saturated rings. The number of aromatic nitrogens is 2. The molecule has 0 saturated heterocycles. The molecule has 158 valence electrons. The van der Waals surface area contributed by atoms with Crippen LogP contribution in [0, 0.1) is 13.8 Å². The molecule has 0 bridgehead atoms. The van der Waals surface area contributed by atoms with Gasteiger partial charge in [-0.1, -0.05) is 11.3 Å². The van der Waals surface area contributed by atoms with E-state index in [-0.39, 0.29) is 32.6 Å². The first-order valence-electron chi connectivity index (χ1n) is 8.52. The number of nitrogens with one attached hydrogen (secondary N) is 3. The Morgan fingerprint density at radius 3 is 2.28 bits per heavy atom. The number of hydrogen-bond acceptors (Lipinski definition) is 8. The van der Waals surface area contributed by atoms with Crippen LogP contribution in [0.2, 0.25) is 0 Å². The molecule has 0 saturated carbocycles. The maximum absolute atomic E-state index is 12.7. The van der Waals surface area contributed by atoms with Crippen LogP contribution in [0.3, 0.4) is 0 Å². The summed E-state index contributed by atoms with van der Waals surface area (Å²) in [6, 6.07) is 3.09. The van der Waals surface area contributed by atoms with Crippen LogP contribution in [-0.2, 0) is 19.6 Å². The molecule has 0 aliphatic carbocycles. The third-order valence-corrected chi connectivity index (χ3v) is 6.16. The number of aryl methyl sites for hydroxylation is 2. The van der Waals surface area contributed by atoms with Gasteiger partial charge in [-0.25, -0.2) is 23.2 Å². The Morgan fingerprint density at radius 1 is 1.07 bits per heavy atom. The lowest BCUT2D eigenvalue weighted by molar-refractivity contribution is -0.114. The van der Waals surface area contributed by atoms with Gasteiger partial charge in [-0.05, 0) is 52.3 Å². The monoisotopic (exact) mass is 441 g/mol. The van der Waals surface area contributed by atoms with E-state index in [1.54, 1.807) is 33.8 Å². The molecular formula is C17H23N5O5S2. The summed E-state index contributed by atoms with van der Waals surface area (Å²) in [6.07, 6.45) is -0.706. The fourth-order valence-electron chi connectivity index (χ4n) is 2.21. The molecule has 10 nitrogen and oxygen atoms in total. The van der Waals surface area contributed by atoms with Crippen LogP contribution in [0.1, 0.15) is 39.0 Å². The van der Waals surface area contributed by atoms with Gasteiger partial charge in [0.25, 0.3) is 10.0 Å². The van der Waals surface area contributed by atoms with E-state index < -0.39 is 21.7 Å². The fraction of sp³-hybridized carbons (Fsp3) is 0.412. The second-order valence-corrected chi connectivity index (χ2v) is 10.1. The number of amides is 2. The largest absolute Gasteiger partial charge is 0.444 e. The molecule has 0 aromatic carbocycles. The molecule has 12 heteroatoms. The summed E-state index contributed by atoms with van der Waals surface area (Å²) in [5.41, 5.74) is 0.225. The number of carbonyl (C=O) groups is 2. The minimum atomic E-state index is -4.00. The Balaban J connectivity index is 2.25. The molecule has 0 radical (unpaired) electrons. The van der Waals surface area contributed by atoms with Gasteiger partial charge in [-0.2, -0.15) is 0 Å². The minimum Gasteiger partial charge on any atom is -0.444 e. The molecule has 2 heterocycles. The molecule has 0 aliphatic heterocycles. The van der Waals surface area contributed by atoms with E-state index in [0.29, 0.717) is 5.56 Å². The van der Waals surface area contributed by atoms with Gasteiger partial charge in [-0.3, -0.25) is 14.8 Å². The minimum absolute atomic E-state index is 0.0185. The second-order valence-electron chi connectivity index (χ2n) is 7.22. The first-order chi connectivity index (χ1) is 13.2. The molecule has 2 amide bonds. The Morgan fingerprint density at radius 2 is 1.69 bits per heavy atom. The van der Waals surface area contributed by atoms with Crippen LogP contribution in [0.5, 0.6) is 0 Å². The molecule has 0 atom stereocenters. The lowest BCUT2D eigenvalue weighted by Gasteiger charge is -2.19. The normalized spacial score (nSPS) is 11.7. The van der Waals surface area contributed by atoms with Crippen molar-refractivity contribution in [2.24, 2.45) is 0 Å². The van der Waals surface area contributed by atoms with Gasteiger partial charge in [0, 0.05) is 6.92 Å². The average Bonchev–Trinajstić information content (AvgIpc) is 2.84.